The lowest BCUT2D eigenvalue weighted by Crippen LogP contribution is -1.99. The van der Waals surface area contributed by atoms with Gasteiger partial charge in [0.2, 0.25) is 5.89 Å². The van der Waals surface area contributed by atoms with Crippen molar-refractivity contribution < 1.29 is 4.42 Å². The Labute approximate surface area is 77.4 Å². The molecule has 2 rings (SSSR count). The molecular weight excluding hydrogens is 164 g/mol. The number of nitriles is 1. The molecule has 1 aliphatic rings. The summed E-state index contributed by atoms with van der Waals surface area (Å²) in [6, 6.07) is 2.13. The lowest BCUT2D eigenvalue weighted by Gasteiger charge is -2.05. The lowest BCUT2D eigenvalue weighted by molar-refractivity contribution is 0.434. The number of hydrogen-bond acceptors (Lipinski definition) is 3. The summed E-state index contributed by atoms with van der Waals surface area (Å²) in [7, 11) is 0. The Morgan fingerprint density at radius 1 is 1.46 bits per heavy atom. The zero-order chi connectivity index (χ0) is 9.26. The van der Waals surface area contributed by atoms with Crippen molar-refractivity contribution in [2.45, 2.75) is 38.5 Å². The molecule has 0 fully saturated rings. The molecule has 0 N–H and O–H groups in total. The minimum Gasteiger partial charge on any atom is -0.444 e. The van der Waals surface area contributed by atoms with E-state index in [0.29, 0.717) is 5.89 Å². The minimum atomic E-state index is -0.217. The number of hydrogen-bond donors (Lipinski definition) is 0. The highest BCUT2D eigenvalue weighted by molar-refractivity contribution is 5.16. The van der Waals surface area contributed by atoms with Gasteiger partial charge in [0, 0.05) is 6.42 Å². The smallest absolute Gasteiger partial charge is 0.211 e. The minimum absolute atomic E-state index is 0.217. The van der Waals surface area contributed by atoms with E-state index in [0.717, 1.165) is 24.3 Å². The van der Waals surface area contributed by atoms with Crippen molar-refractivity contribution in [2.24, 2.45) is 0 Å². The van der Waals surface area contributed by atoms with Gasteiger partial charge < -0.3 is 4.42 Å². The molecule has 1 aromatic heterocycles. The van der Waals surface area contributed by atoms with Crippen LogP contribution in [0, 0.1) is 11.3 Å². The normalized spacial score (nSPS) is 17.5. The molecular formula is C10H12N2O. The van der Waals surface area contributed by atoms with Gasteiger partial charge in [-0.25, -0.2) is 4.98 Å². The predicted octanol–water partition coefficient (Wildman–Crippen LogP) is 2.18. The monoisotopic (exact) mass is 176 g/mol. The summed E-state index contributed by atoms with van der Waals surface area (Å²) < 4.78 is 5.53. The molecule has 0 bridgehead atoms. The summed E-state index contributed by atoms with van der Waals surface area (Å²) in [6.07, 6.45) is 4.37. The maximum atomic E-state index is 8.70. The predicted molar refractivity (Wildman–Crippen MR) is 47.2 cm³/mol. The second-order valence-electron chi connectivity index (χ2n) is 3.48. The van der Waals surface area contributed by atoms with Crippen molar-refractivity contribution in [1.29, 1.82) is 5.26 Å². The van der Waals surface area contributed by atoms with E-state index >= 15 is 0 Å². The standard InChI is InChI=1S/C10H12N2O/c1-7(6-11)10-12-8-4-2-3-5-9(8)13-10/h7H,2-5H2,1H3. The van der Waals surface area contributed by atoms with Gasteiger partial charge in [0.25, 0.3) is 0 Å². The number of rotatable bonds is 1. The van der Waals surface area contributed by atoms with Crippen LogP contribution in [-0.4, -0.2) is 4.98 Å². The molecule has 1 aliphatic carbocycles. The fraction of sp³-hybridized carbons (Fsp3) is 0.600. The lowest BCUT2D eigenvalue weighted by atomic mass is 10.0. The van der Waals surface area contributed by atoms with Crippen LogP contribution in [0.1, 0.15) is 43.0 Å². The quantitative estimate of drug-likeness (QED) is 0.659. The van der Waals surface area contributed by atoms with Gasteiger partial charge in [0.15, 0.2) is 0 Å². The molecule has 3 heteroatoms. The number of aromatic nitrogens is 1. The number of fused-ring (bicyclic) bond motifs is 1. The van der Waals surface area contributed by atoms with E-state index in [2.05, 4.69) is 11.1 Å². The first kappa shape index (κ1) is 8.31. The molecule has 3 nitrogen and oxygen atoms in total. The Hall–Kier alpha value is -1.30. The highest BCUT2D eigenvalue weighted by atomic mass is 16.4. The van der Waals surface area contributed by atoms with Crippen LogP contribution in [0.3, 0.4) is 0 Å². The molecule has 68 valence electrons. The third kappa shape index (κ3) is 1.44. The van der Waals surface area contributed by atoms with Crippen LogP contribution in [0.5, 0.6) is 0 Å². The van der Waals surface area contributed by atoms with E-state index in [9.17, 15) is 0 Å². The van der Waals surface area contributed by atoms with E-state index in [4.69, 9.17) is 9.68 Å². The van der Waals surface area contributed by atoms with Crippen LogP contribution < -0.4 is 0 Å². The molecule has 0 saturated carbocycles. The first-order valence-corrected chi connectivity index (χ1v) is 4.69. The molecule has 0 aliphatic heterocycles. The van der Waals surface area contributed by atoms with Gasteiger partial charge in [-0.15, -0.1) is 0 Å². The first-order chi connectivity index (χ1) is 6.31. The average molecular weight is 176 g/mol. The van der Waals surface area contributed by atoms with Gasteiger partial charge in [-0.3, -0.25) is 0 Å². The molecule has 1 atom stereocenters. The zero-order valence-corrected chi connectivity index (χ0v) is 7.71. The molecule has 13 heavy (non-hydrogen) atoms. The Kier molecular flexibility index (Phi) is 2.05. The fourth-order valence-corrected chi connectivity index (χ4v) is 1.61. The molecule has 0 spiro atoms. The van der Waals surface area contributed by atoms with Crippen molar-refractivity contribution >= 4 is 0 Å². The van der Waals surface area contributed by atoms with E-state index in [1.807, 2.05) is 6.92 Å². The summed E-state index contributed by atoms with van der Waals surface area (Å²) in [5.41, 5.74) is 1.07. The van der Waals surface area contributed by atoms with Gasteiger partial charge in [0.1, 0.15) is 11.7 Å². The number of aryl methyl sites for hydroxylation is 2. The fourth-order valence-electron chi connectivity index (χ4n) is 1.61. The van der Waals surface area contributed by atoms with Crippen molar-refractivity contribution in [1.82, 2.24) is 4.98 Å². The molecule has 1 unspecified atom stereocenters. The van der Waals surface area contributed by atoms with Crippen molar-refractivity contribution in [3.8, 4) is 6.07 Å². The zero-order valence-electron chi connectivity index (χ0n) is 7.71. The maximum Gasteiger partial charge on any atom is 0.211 e. The second-order valence-corrected chi connectivity index (χ2v) is 3.48. The summed E-state index contributed by atoms with van der Waals surface area (Å²) in [5, 5.41) is 8.70. The highest BCUT2D eigenvalue weighted by Crippen LogP contribution is 2.24. The number of nitrogens with zero attached hydrogens (tertiary/aromatic N) is 2. The third-order valence-electron chi connectivity index (χ3n) is 2.43. The average Bonchev–Trinajstić information content (AvgIpc) is 2.59. The van der Waals surface area contributed by atoms with Crippen LogP contribution in [0.2, 0.25) is 0 Å². The molecule has 0 radical (unpaired) electrons. The van der Waals surface area contributed by atoms with Gasteiger partial charge in [0.05, 0.1) is 11.8 Å². The van der Waals surface area contributed by atoms with Gasteiger partial charge in [-0.2, -0.15) is 5.26 Å². The van der Waals surface area contributed by atoms with Gasteiger partial charge >= 0.3 is 0 Å². The largest absolute Gasteiger partial charge is 0.444 e. The van der Waals surface area contributed by atoms with Crippen molar-refractivity contribution in [3.63, 3.8) is 0 Å². The van der Waals surface area contributed by atoms with Gasteiger partial charge in [-0.05, 0) is 26.2 Å². The SMILES string of the molecule is CC(C#N)c1nc2c(o1)CCCC2. The Morgan fingerprint density at radius 2 is 2.23 bits per heavy atom. The molecule has 0 saturated heterocycles. The summed E-state index contributed by atoms with van der Waals surface area (Å²) in [6.45, 7) is 1.82. The summed E-state index contributed by atoms with van der Waals surface area (Å²) >= 11 is 0. The van der Waals surface area contributed by atoms with Crippen LogP contribution in [-0.2, 0) is 12.8 Å². The second kappa shape index (κ2) is 3.21. The summed E-state index contributed by atoms with van der Waals surface area (Å²) in [5.74, 6) is 1.38. The maximum absolute atomic E-state index is 8.70. The van der Waals surface area contributed by atoms with Crippen LogP contribution in [0.25, 0.3) is 0 Å². The molecule has 1 aromatic rings. The van der Waals surface area contributed by atoms with E-state index < -0.39 is 0 Å². The Morgan fingerprint density at radius 3 is 2.92 bits per heavy atom. The van der Waals surface area contributed by atoms with E-state index in [1.165, 1.54) is 12.8 Å². The Bertz CT molecular complexity index is 325. The van der Waals surface area contributed by atoms with E-state index in [1.54, 1.807) is 0 Å². The van der Waals surface area contributed by atoms with Crippen LogP contribution >= 0.6 is 0 Å². The van der Waals surface area contributed by atoms with Gasteiger partial charge in [-0.1, -0.05) is 0 Å². The summed E-state index contributed by atoms with van der Waals surface area (Å²) in [4.78, 5) is 4.33. The number of oxazole rings is 1. The molecule has 1 heterocycles. The van der Waals surface area contributed by atoms with Crippen LogP contribution in [0.15, 0.2) is 4.42 Å². The topological polar surface area (TPSA) is 49.8 Å². The third-order valence-corrected chi connectivity index (χ3v) is 2.43. The molecule has 0 aromatic carbocycles. The van der Waals surface area contributed by atoms with Crippen LogP contribution in [0.4, 0.5) is 0 Å². The van der Waals surface area contributed by atoms with Crippen molar-refractivity contribution in [2.75, 3.05) is 0 Å². The highest BCUT2D eigenvalue weighted by Gasteiger charge is 2.19. The van der Waals surface area contributed by atoms with Crippen molar-refractivity contribution in [3.05, 3.63) is 17.3 Å². The van der Waals surface area contributed by atoms with E-state index in [-0.39, 0.29) is 5.92 Å². The Balaban J connectivity index is 2.31. The first-order valence-electron chi connectivity index (χ1n) is 4.69. The molecule has 0 amide bonds.